The topological polar surface area (TPSA) is 177 Å². The van der Waals surface area contributed by atoms with E-state index >= 15 is 0 Å². The highest BCUT2D eigenvalue weighted by Crippen LogP contribution is 2.70. The Morgan fingerprint density at radius 3 is 1.75 bits per heavy atom. The van der Waals surface area contributed by atoms with Crippen LogP contribution in [-0.2, 0) is 38.4 Å². The summed E-state index contributed by atoms with van der Waals surface area (Å²) in [4.78, 5) is 102. The molecule has 0 bridgehead atoms. The largest absolute Gasteiger partial charge is 0.481 e. The smallest absolute Gasteiger partial charge is 0.311 e. The van der Waals surface area contributed by atoms with Crippen molar-refractivity contribution in [2.75, 3.05) is 0 Å². The minimum atomic E-state index is -1.35. The van der Waals surface area contributed by atoms with Crippen LogP contribution in [0.2, 0.25) is 0 Å². The summed E-state index contributed by atoms with van der Waals surface area (Å²) in [7, 11) is 0. The lowest BCUT2D eigenvalue weighted by molar-refractivity contribution is -0.195. The fraction of sp³-hybridized carbons (Fsp3) is 0.837. The first-order chi connectivity index (χ1) is 27.6. The van der Waals surface area contributed by atoms with Crippen molar-refractivity contribution in [2.24, 2.45) is 92.2 Å². The molecule has 326 valence electrons. The number of hydrogen-bond acceptors (Lipinski definition) is 8. The quantitative estimate of drug-likeness (QED) is 0.241. The number of aliphatic carboxylic acids is 2. The van der Waals surface area contributed by atoms with E-state index in [0.29, 0.717) is 63.2 Å². The van der Waals surface area contributed by atoms with E-state index in [1.54, 1.807) is 0 Å². The van der Waals surface area contributed by atoms with Crippen LogP contribution in [0.5, 0.6) is 0 Å². The Kier molecular flexibility index (Phi) is 11.5. The maximum atomic E-state index is 13.7. The molecule has 8 aliphatic rings. The van der Waals surface area contributed by atoms with Gasteiger partial charge in [-0.1, -0.05) is 61.3 Å². The van der Waals surface area contributed by atoms with Gasteiger partial charge in [0, 0.05) is 80.5 Å². The van der Waals surface area contributed by atoms with Crippen LogP contribution in [0, 0.1) is 92.2 Å². The number of carbonyl (C=O) groups is 8. The van der Waals surface area contributed by atoms with Crippen LogP contribution < -0.4 is 0 Å². The van der Waals surface area contributed by atoms with Gasteiger partial charge in [0.15, 0.2) is 0 Å². The SMILES string of the molecule is CCC[C@@H](C)[C@H]1CCC2C3C(=O)CC4(C(=O)O)CC(=O)CC[C@]4(C)C3CC(=O)[C@@]21C.C[C@H](CCC(=O)O)[C@H]1CC[C@H]2[C@@H]3C(=O)CC4CC(=O)CC[C@]4(C)[C@H]3CC(=O)[C@]12C. The lowest BCUT2D eigenvalue weighted by Gasteiger charge is -2.62. The number of rotatable bonds is 8. The summed E-state index contributed by atoms with van der Waals surface area (Å²) in [6.45, 7) is 14.8. The average Bonchev–Trinajstić information content (AvgIpc) is 3.71. The Labute approximate surface area is 350 Å². The number of carbonyl (C=O) groups excluding carboxylic acids is 6. The standard InChI is InChI=1S/C25H36O5.C24H34O5/c1-5-6-14(2)16-7-8-17-21-18(11-20(28)24(16,17)4)23(3)10-9-15(26)12-25(23,22(29)30)13-19(21)27;1-13(4-7-21(28)29)16-5-6-17-22-18(12-20(27)24(16,17)3)23(2)9-8-15(25)10-14(23)11-19(22)26/h14,16-18,21H,5-13H2,1-4H3,(H,29,30);13-14,16-18,22H,4-12H2,1-3H3,(H,28,29)/t14-,16-,17?,18?,21?,23-,24-,25?;13-,14?,16-,17+,18+,22+,23+,24-/m11/s1. The van der Waals surface area contributed by atoms with Gasteiger partial charge in [0.1, 0.15) is 34.7 Å². The van der Waals surface area contributed by atoms with Crippen molar-refractivity contribution in [1.29, 1.82) is 0 Å². The molecule has 59 heavy (non-hydrogen) atoms. The van der Waals surface area contributed by atoms with E-state index in [0.717, 1.165) is 44.9 Å². The molecule has 0 radical (unpaired) electrons. The molecule has 0 saturated heterocycles. The van der Waals surface area contributed by atoms with Crippen molar-refractivity contribution in [3.05, 3.63) is 0 Å². The minimum Gasteiger partial charge on any atom is -0.481 e. The maximum absolute atomic E-state index is 13.7. The van der Waals surface area contributed by atoms with E-state index in [-0.39, 0.29) is 113 Å². The third kappa shape index (κ3) is 6.50. The summed E-state index contributed by atoms with van der Waals surface area (Å²) in [6.07, 6.45) is 10.4. The van der Waals surface area contributed by atoms with E-state index in [2.05, 4.69) is 41.5 Å². The monoisotopic (exact) mass is 818 g/mol. The summed E-state index contributed by atoms with van der Waals surface area (Å²) in [5, 5.41) is 19.3. The van der Waals surface area contributed by atoms with Gasteiger partial charge in [0.25, 0.3) is 0 Å². The zero-order valence-electron chi connectivity index (χ0n) is 36.7. The van der Waals surface area contributed by atoms with Crippen LogP contribution >= 0.6 is 0 Å². The van der Waals surface area contributed by atoms with Gasteiger partial charge in [-0.15, -0.1) is 0 Å². The Hall–Kier alpha value is -3.04. The zero-order valence-corrected chi connectivity index (χ0v) is 36.7. The predicted molar refractivity (Wildman–Crippen MR) is 219 cm³/mol. The number of ketones is 6. The van der Waals surface area contributed by atoms with E-state index in [1.807, 2.05) is 6.92 Å². The maximum Gasteiger partial charge on any atom is 0.311 e. The van der Waals surface area contributed by atoms with Gasteiger partial charge in [-0.05, 0) is 109 Å². The molecule has 0 aromatic rings. The van der Waals surface area contributed by atoms with Crippen molar-refractivity contribution in [3.63, 3.8) is 0 Å². The fourth-order valence-electron chi connectivity index (χ4n) is 16.5. The molecule has 8 aliphatic carbocycles. The molecule has 8 saturated carbocycles. The highest BCUT2D eigenvalue weighted by atomic mass is 16.4. The van der Waals surface area contributed by atoms with E-state index < -0.39 is 33.6 Å². The number of carboxylic acid groups (broad SMARTS) is 2. The summed E-state index contributed by atoms with van der Waals surface area (Å²) in [5.41, 5.74) is -3.11. The molecule has 2 N–H and O–H groups in total. The van der Waals surface area contributed by atoms with Crippen molar-refractivity contribution in [1.82, 2.24) is 0 Å². The molecule has 5 unspecified atom stereocenters. The normalized spacial score (nSPS) is 46.1. The molecule has 0 aliphatic heterocycles. The van der Waals surface area contributed by atoms with Crippen LogP contribution in [0.15, 0.2) is 0 Å². The van der Waals surface area contributed by atoms with Crippen molar-refractivity contribution in [2.45, 2.75) is 164 Å². The fourth-order valence-corrected chi connectivity index (χ4v) is 16.5. The van der Waals surface area contributed by atoms with Gasteiger partial charge in [0.05, 0.1) is 5.41 Å². The molecular formula is C49H70O10. The van der Waals surface area contributed by atoms with E-state index in [4.69, 9.17) is 5.11 Å². The first-order valence-corrected chi connectivity index (χ1v) is 23.2. The summed E-state index contributed by atoms with van der Waals surface area (Å²) < 4.78 is 0. The summed E-state index contributed by atoms with van der Waals surface area (Å²) >= 11 is 0. The Bertz CT molecular complexity index is 1820. The van der Waals surface area contributed by atoms with E-state index in [1.165, 1.54) is 0 Å². The number of hydrogen-bond donors (Lipinski definition) is 2. The van der Waals surface area contributed by atoms with Crippen LogP contribution in [0.4, 0.5) is 0 Å². The Balaban J connectivity index is 0.000000179. The minimum absolute atomic E-state index is 0.0119. The summed E-state index contributed by atoms with van der Waals surface area (Å²) in [5.74, 6) is -0.0912. The van der Waals surface area contributed by atoms with Crippen molar-refractivity contribution >= 4 is 46.6 Å². The molecule has 10 nitrogen and oxygen atoms in total. The predicted octanol–water partition coefficient (Wildman–Crippen LogP) is 8.54. The van der Waals surface area contributed by atoms with Crippen molar-refractivity contribution in [3.8, 4) is 0 Å². The lowest BCUT2D eigenvalue weighted by Crippen LogP contribution is -2.65. The van der Waals surface area contributed by atoms with Gasteiger partial charge in [-0.3, -0.25) is 38.4 Å². The second-order valence-electron chi connectivity index (χ2n) is 22.1. The molecule has 16 atom stereocenters. The number of Topliss-reactive ketones (excluding diaryl/α,β-unsaturated/α-hetero) is 6. The van der Waals surface area contributed by atoms with Crippen LogP contribution in [0.1, 0.15) is 164 Å². The van der Waals surface area contributed by atoms with Gasteiger partial charge < -0.3 is 10.2 Å². The molecule has 0 heterocycles. The van der Waals surface area contributed by atoms with Gasteiger partial charge >= 0.3 is 11.9 Å². The highest BCUT2D eigenvalue weighted by molar-refractivity contribution is 5.98. The molecule has 0 aromatic heterocycles. The molecule has 0 amide bonds. The van der Waals surface area contributed by atoms with Crippen LogP contribution in [0.3, 0.4) is 0 Å². The first-order valence-electron chi connectivity index (χ1n) is 23.2. The molecule has 10 heteroatoms. The van der Waals surface area contributed by atoms with Gasteiger partial charge in [0.2, 0.25) is 0 Å². The van der Waals surface area contributed by atoms with E-state index in [9.17, 15) is 43.5 Å². The molecule has 0 spiro atoms. The first kappa shape index (κ1) is 44.0. The third-order valence-corrected chi connectivity index (χ3v) is 19.9. The van der Waals surface area contributed by atoms with Gasteiger partial charge in [-0.25, -0.2) is 0 Å². The van der Waals surface area contributed by atoms with Gasteiger partial charge in [-0.2, -0.15) is 0 Å². The summed E-state index contributed by atoms with van der Waals surface area (Å²) in [6, 6.07) is 0. The Morgan fingerprint density at radius 1 is 0.644 bits per heavy atom. The highest BCUT2D eigenvalue weighted by Gasteiger charge is 2.72. The van der Waals surface area contributed by atoms with Crippen LogP contribution in [0.25, 0.3) is 0 Å². The molecular weight excluding hydrogens is 749 g/mol. The molecule has 8 rings (SSSR count). The molecule has 0 aromatic carbocycles. The zero-order chi connectivity index (χ0) is 43.2. The second kappa shape index (κ2) is 15.4. The number of carboxylic acids is 2. The third-order valence-electron chi connectivity index (χ3n) is 19.9. The lowest BCUT2D eigenvalue weighted by atomic mass is 9.39. The average molecular weight is 819 g/mol. The Morgan fingerprint density at radius 2 is 1.19 bits per heavy atom. The van der Waals surface area contributed by atoms with Crippen molar-refractivity contribution < 1.29 is 48.6 Å². The second-order valence-corrected chi connectivity index (χ2v) is 22.1. The van der Waals surface area contributed by atoms with Crippen LogP contribution in [-0.4, -0.2) is 56.9 Å². The molecule has 8 fully saturated rings. The number of fused-ring (bicyclic) bond motifs is 10.